The third kappa shape index (κ3) is 6.84. The average molecular weight is 517 g/mol. The molecule has 4 rings (SSSR count). The summed E-state index contributed by atoms with van der Waals surface area (Å²) in [5.74, 6) is -0.156. The number of benzene rings is 3. The van der Waals surface area contributed by atoms with Crippen LogP contribution in [-0.4, -0.2) is 45.7 Å². The number of carbonyl (C=O) groups is 2. The molecule has 0 saturated carbocycles. The van der Waals surface area contributed by atoms with Gasteiger partial charge in [-0.15, -0.1) is 0 Å². The van der Waals surface area contributed by atoms with Gasteiger partial charge in [0.25, 0.3) is 0 Å². The van der Waals surface area contributed by atoms with Crippen molar-refractivity contribution >= 4 is 29.2 Å². The predicted octanol–water partition coefficient (Wildman–Crippen LogP) is 5.59. The van der Waals surface area contributed by atoms with Gasteiger partial charge in [-0.05, 0) is 31.5 Å². The zero-order valence-electron chi connectivity index (χ0n) is 20.8. The van der Waals surface area contributed by atoms with E-state index in [0.717, 1.165) is 11.1 Å². The second-order valence-electron chi connectivity index (χ2n) is 8.79. The SMILES string of the molecule is CC(C)N(CC(=O)Nc1cc(-c2ccccc2)nn1-c1ccccc1Cl)C(=O)COCc1ccccc1. The van der Waals surface area contributed by atoms with Gasteiger partial charge in [-0.1, -0.05) is 84.4 Å². The summed E-state index contributed by atoms with van der Waals surface area (Å²) in [7, 11) is 0. The van der Waals surface area contributed by atoms with Crippen LogP contribution in [0.3, 0.4) is 0 Å². The molecular formula is C29H29ClN4O3. The minimum absolute atomic E-state index is 0.115. The zero-order valence-corrected chi connectivity index (χ0v) is 21.6. The van der Waals surface area contributed by atoms with Crippen LogP contribution < -0.4 is 5.32 Å². The van der Waals surface area contributed by atoms with Gasteiger partial charge in [0.1, 0.15) is 19.0 Å². The van der Waals surface area contributed by atoms with Crippen molar-refractivity contribution in [2.24, 2.45) is 0 Å². The Balaban J connectivity index is 1.49. The maximum atomic E-state index is 13.1. The normalized spacial score (nSPS) is 10.9. The first-order chi connectivity index (χ1) is 17.9. The lowest BCUT2D eigenvalue weighted by Gasteiger charge is -2.26. The van der Waals surface area contributed by atoms with Crippen LogP contribution in [0.15, 0.2) is 91.0 Å². The van der Waals surface area contributed by atoms with Crippen molar-refractivity contribution in [3.63, 3.8) is 0 Å². The number of carbonyl (C=O) groups excluding carboxylic acids is 2. The summed E-state index contributed by atoms with van der Waals surface area (Å²) in [6.07, 6.45) is 0. The lowest BCUT2D eigenvalue weighted by Crippen LogP contribution is -2.44. The molecule has 0 atom stereocenters. The third-order valence-electron chi connectivity index (χ3n) is 5.72. The molecule has 37 heavy (non-hydrogen) atoms. The first kappa shape index (κ1) is 26.1. The highest BCUT2D eigenvalue weighted by Gasteiger charge is 2.22. The fraction of sp³-hybridized carbons (Fsp3) is 0.207. The lowest BCUT2D eigenvalue weighted by molar-refractivity contribution is -0.141. The molecule has 0 radical (unpaired) electrons. The molecule has 190 valence electrons. The molecule has 0 aliphatic heterocycles. The van der Waals surface area contributed by atoms with Crippen LogP contribution in [0.25, 0.3) is 16.9 Å². The number of amides is 2. The Hall–Kier alpha value is -3.94. The molecule has 0 fully saturated rings. The number of aromatic nitrogens is 2. The molecule has 1 heterocycles. The van der Waals surface area contributed by atoms with Crippen molar-refractivity contribution in [3.05, 3.63) is 102 Å². The Kier molecular flexibility index (Phi) is 8.72. The van der Waals surface area contributed by atoms with Crippen molar-refractivity contribution in [2.75, 3.05) is 18.5 Å². The Morgan fingerprint density at radius 3 is 2.30 bits per heavy atom. The highest BCUT2D eigenvalue weighted by atomic mass is 35.5. The van der Waals surface area contributed by atoms with Gasteiger partial charge < -0.3 is 15.0 Å². The number of para-hydroxylation sites is 1. The van der Waals surface area contributed by atoms with E-state index in [9.17, 15) is 9.59 Å². The molecule has 0 unspecified atom stereocenters. The van der Waals surface area contributed by atoms with Gasteiger partial charge in [0.05, 0.1) is 23.0 Å². The van der Waals surface area contributed by atoms with E-state index in [0.29, 0.717) is 28.8 Å². The molecule has 0 aliphatic carbocycles. The average Bonchev–Trinajstić information content (AvgIpc) is 3.31. The van der Waals surface area contributed by atoms with E-state index < -0.39 is 0 Å². The molecule has 0 aliphatic rings. The van der Waals surface area contributed by atoms with Gasteiger partial charge in [-0.25, -0.2) is 4.68 Å². The minimum atomic E-state index is -0.349. The fourth-order valence-electron chi connectivity index (χ4n) is 3.84. The van der Waals surface area contributed by atoms with Crippen LogP contribution in [0, 0.1) is 0 Å². The number of hydrogen-bond donors (Lipinski definition) is 1. The fourth-order valence-corrected chi connectivity index (χ4v) is 4.05. The molecule has 0 bridgehead atoms. The molecule has 4 aromatic rings. The second-order valence-corrected chi connectivity index (χ2v) is 9.19. The van der Waals surface area contributed by atoms with Crippen LogP contribution in [0.2, 0.25) is 5.02 Å². The van der Waals surface area contributed by atoms with E-state index in [4.69, 9.17) is 21.4 Å². The quantitative estimate of drug-likeness (QED) is 0.298. The van der Waals surface area contributed by atoms with Gasteiger partial charge in [-0.2, -0.15) is 5.10 Å². The van der Waals surface area contributed by atoms with Crippen LogP contribution in [-0.2, 0) is 20.9 Å². The summed E-state index contributed by atoms with van der Waals surface area (Å²) in [4.78, 5) is 27.5. The van der Waals surface area contributed by atoms with E-state index in [1.54, 1.807) is 16.8 Å². The van der Waals surface area contributed by atoms with Gasteiger partial charge in [0.15, 0.2) is 0 Å². The summed E-state index contributed by atoms with van der Waals surface area (Å²) in [5, 5.41) is 8.11. The first-order valence-electron chi connectivity index (χ1n) is 12.0. The molecule has 1 aromatic heterocycles. The first-order valence-corrected chi connectivity index (χ1v) is 12.4. The molecule has 7 nitrogen and oxygen atoms in total. The zero-order chi connectivity index (χ0) is 26.2. The van der Waals surface area contributed by atoms with Crippen LogP contribution in [0.4, 0.5) is 5.82 Å². The summed E-state index contributed by atoms with van der Waals surface area (Å²) < 4.78 is 7.21. The number of halogens is 1. The maximum absolute atomic E-state index is 13.1. The summed E-state index contributed by atoms with van der Waals surface area (Å²) in [6.45, 7) is 3.81. The van der Waals surface area contributed by atoms with Crippen molar-refractivity contribution in [1.29, 1.82) is 0 Å². The smallest absolute Gasteiger partial charge is 0.249 e. The van der Waals surface area contributed by atoms with Gasteiger partial charge in [0, 0.05) is 17.7 Å². The van der Waals surface area contributed by atoms with E-state index in [-0.39, 0.29) is 31.0 Å². The van der Waals surface area contributed by atoms with Crippen molar-refractivity contribution in [1.82, 2.24) is 14.7 Å². The van der Waals surface area contributed by atoms with E-state index in [1.807, 2.05) is 92.7 Å². The van der Waals surface area contributed by atoms with Gasteiger partial charge >= 0.3 is 0 Å². The Bertz CT molecular complexity index is 1340. The number of nitrogens with zero attached hydrogens (tertiary/aromatic N) is 3. The van der Waals surface area contributed by atoms with Crippen molar-refractivity contribution in [2.45, 2.75) is 26.5 Å². The molecule has 0 saturated heterocycles. The van der Waals surface area contributed by atoms with Crippen molar-refractivity contribution in [3.8, 4) is 16.9 Å². The third-order valence-corrected chi connectivity index (χ3v) is 6.04. The molecule has 3 aromatic carbocycles. The standard InChI is InChI=1S/C29H29ClN4O3/c1-21(2)33(29(36)20-37-19-22-11-5-3-6-12-22)18-28(35)31-27-17-25(23-13-7-4-8-14-23)32-34(27)26-16-10-9-15-24(26)30/h3-17,21H,18-20H2,1-2H3,(H,31,35). The highest BCUT2D eigenvalue weighted by Crippen LogP contribution is 2.28. The summed E-state index contributed by atoms with van der Waals surface area (Å²) >= 11 is 6.44. The maximum Gasteiger partial charge on any atom is 0.249 e. The molecular weight excluding hydrogens is 488 g/mol. The summed E-state index contributed by atoms with van der Waals surface area (Å²) in [6, 6.07) is 28.2. The molecule has 1 N–H and O–H groups in total. The minimum Gasteiger partial charge on any atom is -0.367 e. The molecule has 8 heteroatoms. The number of hydrogen-bond acceptors (Lipinski definition) is 4. The van der Waals surface area contributed by atoms with Gasteiger partial charge in [-0.3, -0.25) is 9.59 Å². The highest BCUT2D eigenvalue weighted by molar-refractivity contribution is 6.32. The van der Waals surface area contributed by atoms with E-state index in [2.05, 4.69) is 5.32 Å². The van der Waals surface area contributed by atoms with Crippen LogP contribution in [0.5, 0.6) is 0 Å². The van der Waals surface area contributed by atoms with Crippen molar-refractivity contribution < 1.29 is 14.3 Å². The number of nitrogens with one attached hydrogen (secondary N) is 1. The number of ether oxygens (including phenoxy) is 1. The molecule has 2 amide bonds. The Morgan fingerprint density at radius 1 is 0.973 bits per heavy atom. The Morgan fingerprint density at radius 2 is 1.62 bits per heavy atom. The molecule has 0 spiro atoms. The van der Waals surface area contributed by atoms with Crippen LogP contribution in [0.1, 0.15) is 19.4 Å². The number of rotatable bonds is 10. The van der Waals surface area contributed by atoms with Crippen LogP contribution >= 0.6 is 11.6 Å². The predicted molar refractivity (Wildman–Crippen MR) is 146 cm³/mol. The van der Waals surface area contributed by atoms with Gasteiger partial charge in [0.2, 0.25) is 11.8 Å². The topological polar surface area (TPSA) is 76.5 Å². The lowest BCUT2D eigenvalue weighted by atomic mass is 10.1. The monoisotopic (exact) mass is 516 g/mol. The number of anilines is 1. The second kappa shape index (κ2) is 12.3. The summed E-state index contributed by atoms with van der Waals surface area (Å²) in [5.41, 5.74) is 3.19. The Labute approximate surface area is 221 Å². The largest absolute Gasteiger partial charge is 0.367 e. The van der Waals surface area contributed by atoms with E-state index in [1.165, 1.54) is 4.90 Å². The van der Waals surface area contributed by atoms with E-state index >= 15 is 0 Å².